The van der Waals surface area contributed by atoms with E-state index in [0.717, 1.165) is 24.2 Å². The first-order valence-corrected chi connectivity index (χ1v) is 8.75. The van der Waals surface area contributed by atoms with Gasteiger partial charge in [-0.2, -0.15) is 0 Å². The van der Waals surface area contributed by atoms with Crippen molar-refractivity contribution in [1.29, 1.82) is 0 Å². The van der Waals surface area contributed by atoms with E-state index >= 15 is 0 Å². The molecule has 0 aliphatic carbocycles. The normalized spacial score (nSPS) is 10.8. The van der Waals surface area contributed by atoms with E-state index in [4.69, 9.17) is 4.74 Å². The summed E-state index contributed by atoms with van der Waals surface area (Å²) < 4.78 is 5.75. The van der Waals surface area contributed by atoms with Crippen LogP contribution in [0.4, 0.5) is 0 Å². The molecule has 0 unspecified atom stereocenters. The van der Waals surface area contributed by atoms with Crippen LogP contribution in [0.3, 0.4) is 0 Å². The maximum absolute atomic E-state index is 9.33. The molecular weight excluding hydrogens is 284 g/mol. The molecule has 1 N–H and O–H groups in total. The summed E-state index contributed by atoms with van der Waals surface area (Å²) in [5, 5.41) is 9.33. The summed E-state index contributed by atoms with van der Waals surface area (Å²) in [6.07, 6.45) is 7.79. The number of rotatable bonds is 10. The second-order valence-corrected chi connectivity index (χ2v) is 6.06. The number of hydrogen-bond acceptors (Lipinski definition) is 2. The maximum atomic E-state index is 9.33. The van der Waals surface area contributed by atoms with Crippen LogP contribution in [0.1, 0.15) is 51.0 Å². The minimum absolute atomic E-state index is 0.300. The van der Waals surface area contributed by atoms with Gasteiger partial charge in [-0.1, -0.05) is 75.4 Å². The largest absolute Gasteiger partial charge is 0.508 e. The van der Waals surface area contributed by atoms with E-state index in [-0.39, 0.29) is 0 Å². The van der Waals surface area contributed by atoms with Crippen molar-refractivity contribution in [1.82, 2.24) is 0 Å². The summed E-state index contributed by atoms with van der Waals surface area (Å²) in [6, 6.07) is 15.7. The summed E-state index contributed by atoms with van der Waals surface area (Å²) in [7, 11) is 0. The number of hydrogen-bond donors (Lipinski definition) is 1. The quantitative estimate of drug-likeness (QED) is 0.550. The zero-order valence-corrected chi connectivity index (χ0v) is 14.1. The molecular formula is C21H28O2. The number of benzene rings is 2. The Hall–Kier alpha value is -1.80. The van der Waals surface area contributed by atoms with Crippen LogP contribution in [0.5, 0.6) is 5.75 Å². The highest BCUT2D eigenvalue weighted by atomic mass is 16.5. The van der Waals surface area contributed by atoms with Crippen LogP contribution < -0.4 is 0 Å². The Bertz CT molecular complexity index is 543. The molecule has 0 fully saturated rings. The van der Waals surface area contributed by atoms with Crippen LogP contribution in [0.2, 0.25) is 0 Å². The van der Waals surface area contributed by atoms with Crippen molar-refractivity contribution in [3.63, 3.8) is 0 Å². The Morgan fingerprint density at radius 1 is 0.739 bits per heavy atom. The Kier molecular flexibility index (Phi) is 7.68. The number of aromatic hydroxyl groups is 1. The highest BCUT2D eigenvalue weighted by molar-refractivity contribution is 5.64. The fraction of sp³-hybridized carbons (Fsp3) is 0.429. The molecule has 2 aromatic rings. The van der Waals surface area contributed by atoms with Gasteiger partial charge in [0.1, 0.15) is 5.75 Å². The van der Waals surface area contributed by atoms with Crippen molar-refractivity contribution in [2.75, 3.05) is 6.61 Å². The molecule has 0 aliphatic heterocycles. The van der Waals surface area contributed by atoms with Gasteiger partial charge in [0.2, 0.25) is 0 Å². The van der Waals surface area contributed by atoms with E-state index in [1.807, 2.05) is 12.1 Å². The third-order valence-electron chi connectivity index (χ3n) is 4.07. The highest BCUT2D eigenvalue weighted by Gasteiger charge is 1.99. The molecule has 2 aromatic carbocycles. The summed E-state index contributed by atoms with van der Waals surface area (Å²) in [5.74, 6) is 0.300. The average molecular weight is 312 g/mol. The average Bonchev–Trinajstić information content (AvgIpc) is 2.59. The van der Waals surface area contributed by atoms with Crippen molar-refractivity contribution in [3.05, 3.63) is 54.1 Å². The van der Waals surface area contributed by atoms with E-state index in [9.17, 15) is 5.11 Å². The van der Waals surface area contributed by atoms with Gasteiger partial charge in [0, 0.05) is 6.61 Å². The first-order valence-electron chi connectivity index (χ1n) is 8.75. The molecule has 0 radical (unpaired) electrons. The van der Waals surface area contributed by atoms with Gasteiger partial charge < -0.3 is 9.84 Å². The lowest BCUT2D eigenvalue weighted by Gasteiger charge is -2.06. The van der Waals surface area contributed by atoms with E-state index in [0.29, 0.717) is 12.4 Å². The Morgan fingerprint density at radius 3 is 1.96 bits per heavy atom. The summed E-state index contributed by atoms with van der Waals surface area (Å²) in [4.78, 5) is 0. The molecule has 0 amide bonds. The standard InChI is InChI=1S/C21H28O2/c1-2-3-4-5-6-7-16-23-17-18-8-10-19(11-9-18)20-12-14-21(22)15-13-20/h8-15,22H,2-7,16-17H2,1H3. The summed E-state index contributed by atoms with van der Waals surface area (Å²) >= 11 is 0. The second-order valence-electron chi connectivity index (χ2n) is 6.06. The van der Waals surface area contributed by atoms with Gasteiger partial charge in [-0.05, 0) is 35.2 Å². The number of phenols is 1. The van der Waals surface area contributed by atoms with Crippen LogP contribution in [0, 0.1) is 0 Å². The van der Waals surface area contributed by atoms with E-state index in [1.165, 1.54) is 37.7 Å². The number of phenolic OH excluding ortho intramolecular Hbond substituents is 1. The van der Waals surface area contributed by atoms with Crippen molar-refractivity contribution < 1.29 is 9.84 Å². The predicted molar refractivity (Wildman–Crippen MR) is 96.6 cm³/mol. The maximum Gasteiger partial charge on any atom is 0.115 e. The monoisotopic (exact) mass is 312 g/mol. The van der Waals surface area contributed by atoms with Crippen LogP contribution in [-0.4, -0.2) is 11.7 Å². The van der Waals surface area contributed by atoms with Crippen LogP contribution in [-0.2, 0) is 11.3 Å². The first kappa shape index (κ1) is 17.6. The number of unbranched alkanes of at least 4 members (excludes halogenated alkanes) is 5. The molecule has 0 aliphatic rings. The molecule has 2 rings (SSSR count). The highest BCUT2D eigenvalue weighted by Crippen LogP contribution is 2.22. The SMILES string of the molecule is CCCCCCCCOCc1ccc(-c2ccc(O)cc2)cc1. The predicted octanol–water partition coefficient (Wildman–Crippen LogP) is 5.94. The molecule has 2 nitrogen and oxygen atoms in total. The van der Waals surface area contributed by atoms with E-state index < -0.39 is 0 Å². The lowest BCUT2D eigenvalue weighted by molar-refractivity contribution is 0.116. The van der Waals surface area contributed by atoms with Gasteiger partial charge in [0.15, 0.2) is 0 Å². The van der Waals surface area contributed by atoms with Gasteiger partial charge >= 0.3 is 0 Å². The zero-order valence-electron chi connectivity index (χ0n) is 14.1. The Morgan fingerprint density at radius 2 is 1.30 bits per heavy atom. The first-order chi connectivity index (χ1) is 11.3. The molecule has 0 aromatic heterocycles. The molecule has 0 spiro atoms. The molecule has 124 valence electrons. The minimum Gasteiger partial charge on any atom is -0.508 e. The van der Waals surface area contributed by atoms with Crippen molar-refractivity contribution in [3.8, 4) is 16.9 Å². The van der Waals surface area contributed by atoms with Gasteiger partial charge in [-0.3, -0.25) is 0 Å². The van der Waals surface area contributed by atoms with E-state index in [1.54, 1.807) is 12.1 Å². The Labute approximate surface area is 140 Å². The topological polar surface area (TPSA) is 29.5 Å². The zero-order chi connectivity index (χ0) is 16.3. The molecule has 0 saturated carbocycles. The molecule has 2 heteroatoms. The van der Waals surface area contributed by atoms with Crippen molar-refractivity contribution in [2.24, 2.45) is 0 Å². The van der Waals surface area contributed by atoms with Gasteiger partial charge in [-0.25, -0.2) is 0 Å². The molecule has 0 bridgehead atoms. The van der Waals surface area contributed by atoms with Crippen LogP contribution in [0.15, 0.2) is 48.5 Å². The lowest BCUT2D eigenvalue weighted by Crippen LogP contribution is -1.95. The lowest BCUT2D eigenvalue weighted by atomic mass is 10.0. The van der Waals surface area contributed by atoms with Gasteiger partial charge in [-0.15, -0.1) is 0 Å². The van der Waals surface area contributed by atoms with E-state index in [2.05, 4.69) is 31.2 Å². The smallest absolute Gasteiger partial charge is 0.115 e. The minimum atomic E-state index is 0.300. The summed E-state index contributed by atoms with van der Waals surface area (Å²) in [5.41, 5.74) is 3.48. The fourth-order valence-electron chi connectivity index (χ4n) is 2.62. The van der Waals surface area contributed by atoms with Gasteiger partial charge in [0.25, 0.3) is 0 Å². The van der Waals surface area contributed by atoms with Crippen LogP contribution in [0.25, 0.3) is 11.1 Å². The molecule has 0 saturated heterocycles. The van der Waals surface area contributed by atoms with Crippen molar-refractivity contribution >= 4 is 0 Å². The third-order valence-corrected chi connectivity index (χ3v) is 4.07. The van der Waals surface area contributed by atoms with Crippen LogP contribution >= 0.6 is 0 Å². The Balaban J connectivity index is 1.68. The molecule has 0 heterocycles. The van der Waals surface area contributed by atoms with Gasteiger partial charge in [0.05, 0.1) is 6.61 Å². The third kappa shape index (κ3) is 6.45. The van der Waals surface area contributed by atoms with Crippen molar-refractivity contribution in [2.45, 2.75) is 52.1 Å². The fourth-order valence-corrected chi connectivity index (χ4v) is 2.62. The second kappa shape index (κ2) is 10.1. The molecule has 0 atom stereocenters. The number of ether oxygens (including phenoxy) is 1. The summed E-state index contributed by atoms with van der Waals surface area (Å²) in [6.45, 7) is 3.78. The molecule has 23 heavy (non-hydrogen) atoms.